The number of rotatable bonds is 18. The molecule has 0 aromatic heterocycles. The van der Waals surface area contributed by atoms with Gasteiger partial charge >= 0.3 is 18.1 Å². The monoisotopic (exact) mass is 710 g/mol. The van der Waals surface area contributed by atoms with Crippen LogP contribution >= 0.6 is 0 Å². The maximum absolute atomic E-state index is 13.8. The summed E-state index contributed by atoms with van der Waals surface area (Å²) in [6, 6.07) is 14.1. The number of alkyl carbamates (subject to hydrolysis) is 1. The topological polar surface area (TPSA) is 172 Å². The summed E-state index contributed by atoms with van der Waals surface area (Å²) >= 11 is 0. The number of carbonyl (C=O) groups excluding carboxylic acids is 5. The van der Waals surface area contributed by atoms with Crippen LogP contribution in [0.25, 0.3) is 0 Å². The van der Waals surface area contributed by atoms with Crippen molar-refractivity contribution in [3.05, 3.63) is 65.7 Å². The van der Waals surface area contributed by atoms with Gasteiger partial charge in [-0.25, -0.2) is 9.59 Å². The van der Waals surface area contributed by atoms with E-state index in [1.165, 1.54) is 4.90 Å². The van der Waals surface area contributed by atoms with Crippen molar-refractivity contribution < 1.29 is 33.4 Å². The van der Waals surface area contributed by atoms with Gasteiger partial charge in [-0.15, -0.1) is 0 Å². The van der Waals surface area contributed by atoms with Gasteiger partial charge in [0.1, 0.15) is 30.3 Å². The molecule has 13 heteroatoms. The number of nitrogens with two attached hydrogens (primary N) is 1. The first-order chi connectivity index (χ1) is 23.9. The lowest BCUT2D eigenvalue weighted by atomic mass is 10.0. The van der Waals surface area contributed by atoms with E-state index in [2.05, 4.69) is 16.0 Å². The molecule has 13 nitrogen and oxygen atoms in total. The number of ether oxygens (including phenoxy) is 2. The van der Waals surface area contributed by atoms with Gasteiger partial charge in [-0.05, 0) is 82.2 Å². The lowest BCUT2D eigenvalue weighted by Crippen LogP contribution is -2.56. The highest BCUT2D eigenvalue weighted by atomic mass is 16.6. The highest BCUT2D eigenvalue weighted by Crippen LogP contribution is 2.19. The third kappa shape index (κ3) is 15.0. The van der Waals surface area contributed by atoms with E-state index in [-0.39, 0.29) is 43.3 Å². The summed E-state index contributed by atoms with van der Waals surface area (Å²) in [5.74, 6) is -1.43. The summed E-state index contributed by atoms with van der Waals surface area (Å²) in [7, 11) is 3.54. The quantitative estimate of drug-likeness (QED) is 0.130. The van der Waals surface area contributed by atoms with Gasteiger partial charge in [-0.1, -0.05) is 70.2 Å². The van der Waals surface area contributed by atoms with Gasteiger partial charge in [-0.2, -0.15) is 0 Å². The Bertz CT molecular complexity index is 1430. The zero-order chi connectivity index (χ0) is 38.3. The van der Waals surface area contributed by atoms with Gasteiger partial charge < -0.3 is 36.1 Å². The summed E-state index contributed by atoms with van der Waals surface area (Å²) in [6.45, 7) is 13.8. The number of hydrogen-bond acceptors (Lipinski definition) is 8. The first-order valence-electron chi connectivity index (χ1n) is 17.5. The molecule has 5 N–H and O–H groups in total. The van der Waals surface area contributed by atoms with Crippen molar-refractivity contribution in [3.8, 4) is 0 Å². The number of carbonyl (C=O) groups is 5. The van der Waals surface area contributed by atoms with Crippen LogP contribution in [0.15, 0.2) is 54.6 Å². The first-order valence-corrected chi connectivity index (χ1v) is 17.5. The number of nitrogens with one attached hydrogen (secondary N) is 3. The van der Waals surface area contributed by atoms with Crippen molar-refractivity contribution >= 4 is 35.6 Å². The highest BCUT2D eigenvalue weighted by molar-refractivity contribution is 5.99. The van der Waals surface area contributed by atoms with Crippen molar-refractivity contribution in [2.24, 2.45) is 17.6 Å². The summed E-state index contributed by atoms with van der Waals surface area (Å²) in [5, 5.41) is 7.93. The average Bonchev–Trinajstić information content (AvgIpc) is 3.05. The third-order valence-corrected chi connectivity index (χ3v) is 8.18. The number of nitrogens with zero attached hydrogens (tertiary/aromatic N) is 2. The molecule has 0 saturated carbocycles. The van der Waals surface area contributed by atoms with E-state index in [4.69, 9.17) is 15.2 Å². The molecule has 0 heterocycles. The molecule has 2 aromatic carbocycles. The van der Waals surface area contributed by atoms with Crippen LogP contribution in [0.3, 0.4) is 0 Å². The van der Waals surface area contributed by atoms with E-state index < -0.39 is 41.8 Å². The SMILES string of the molecule is CC(C)C(NC(=O)OC(C)(C)C)C(=O)NC(CCCNC(N)=O)C(=O)N(C)c1ccc(CCN(C)C(C(=O)OCc2ccccc2)C(C)C)cc1. The predicted molar refractivity (Wildman–Crippen MR) is 198 cm³/mol. The van der Waals surface area contributed by atoms with Crippen LogP contribution in [0.5, 0.6) is 0 Å². The van der Waals surface area contributed by atoms with Crippen LogP contribution in [0.2, 0.25) is 0 Å². The van der Waals surface area contributed by atoms with Gasteiger partial charge in [0.2, 0.25) is 11.8 Å². The van der Waals surface area contributed by atoms with Gasteiger partial charge in [0.05, 0.1) is 0 Å². The van der Waals surface area contributed by atoms with Crippen LogP contribution in [-0.4, -0.2) is 85.7 Å². The number of esters is 1. The summed E-state index contributed by atoms with van der Waals surface area (Å²) < 4.78 is 11.0. The Morgan fingerprint density at radius 2 is 1.47 bits per heavy atom. The molecule has 0 aliphatic heterocycles. The number of primary amides is 1. The Labute approximate surface area is 303 Å². The van der Waals surface area contributed by atoms with E-state index in [0.29, 0.717) is 25.1 Å². The molecule has 0 aliphatic rings. The second kappa shape index (κ2) is 20.3. The maximum Gasteiger partial charge on any atom is 0.408 e. The van der Waals surface area contributed by atoms with Crippen molar-refractivity contribution in [1.82, 2.24) is 20.9 Å². The Morgan fingerprint density at radius 3 is 2.02 bits per heavy atom. The standard InChI is InChI=1S/C38H58N6O7/c1-25(2)31(42-37(49)51-38(5,6)7)33(45)41-30(16-13-22-40-36(39)48)34(46)44(9)29-19-17-27(18-20-29)21-23-43(8)32(26(3)4)35(47)50-24-28-14-11-10-12-15-28/h10-12,14-15,17-20,25-26,30-32H,13,16,21-24H2,1-9H3,(H,41,45)(H,42,49)(H3,39,40,48). The van der Waals surface area contributed by atoms with Crippen LogP contribution in [-0.2, 0) is 36.9 Å². The van der Waals surface area contributed by atoms with Crippen LogP contribution in [0, 0.1) is 11.8 Å². The average molecular weight is 711 g/mol. The third-order valence-electron chi connectivity index (χ3n) is 8.18. The molecular formula is C38H58N6O7. The Kier molecular flexibility index (Phi) is 16.9. The molecule has 5 amide bonds. The summed E-state index contributed by atoms with van der Waals surface area (Å²) in [5.41, 5.74) is 7.00. The van der Waals surface area contributed by atoms with E-state index >= 15 is 0 Å². The Morgan fingerprint density at radius 1 is 0.843 bits per heavy atom. The molecule has 3 unspecified atom stereocenters. The van der Waals surface area contributed by atoms with Gasteiger partial charge in [-0.3, -0.25) is 19.3 Å². The van der Waals surface area contributed by atoms with Crippen LogP contribution < -0.4 is 26.6 Å². The lowest BCUT2D eigenvalue weighted by molar-refractivity contribution is -0.152. The zero-order valence-corrected chi connectivity index (χ0v) is 31.7. The molecular weight excluding hydrogens is 652 g/mol. The molecule has 51 heavy (non-hydrogen) atoms. The van der Waals surface area contributed by atoms with E-state index in [9.17, 15) is 24.0 Å². The van der Waals surface area contributed by atoms with Gasteiger partial charge in [0.15, 0.2) is 0 Å². The van der Waals surface area contributed by atoms with Gasteiger partial charge in [0, 0.05) is 25.8 Å². The predicted octanol–water partition coefficient (Wildman–Crippen LogP) is 4.37. The van der Waals surface area contributed by atoms with E-state index in [1.54, 1.807) is 41.7 Å². The zero-order valence-electron chi connectivity index (χ0n) is 31.7. The first kappa shape index (κ1) is 42.5. The minimum Gasteiger partial charge on any atom is -0.460 e. The Hall–Kier alpha value is -4.65. The van der Waals surface area contributed by atoms with Gasteiger partial charge in [0.25, 0.3) is 0 Å². The second-order valence-electron chi connectivity index (χ2n) is 14.4. The molecule has 0 bridgehead atoms. The number of amides is 5. The molecule has 282 valence electrons. The maximum atomic E-state index is 13.8. The van der Waals surface area contributed by atoms with Crippen LogP contribution in [0.1, 0.15) is 72.4 Å². The second-order valence-corrected chi connectivity index (χ2v) is 14.4. The van der Waals surface area contributed by atoms with E-state index in [1.807, 2.05) is 80.4 Å². The number of urea groups is 1. The van der Waals surface area contributed by atoms with E-state index in [0.717, 1.165) is 11.1 Å². The smallest absolute Gasteiger partial charge is 0.408 e. The number of benzene rings is 2. The minimum atomic E-state index is -0.957. The molecule has 2 rings (SSSR count). The summed E-state index contributed by atoms with van der Waals surface area (Å²) in [6.07, 6.45) is 0.497. The fraction of sp³-hybridized carbons (Fsp3) is 0.553. The number of likely N-dealkylation sites (N-methyl/N-ethyl adjacent to an activating group) is 2. The van der Waals surface area contributed by atoms with Crippen molar-refractivity contribution in [3.63, 3.8) is 0 Å². The number of hydrogen-bond donors (Lipinski definition) is 4. The molecule has 0 aliphatic carbocycles. The lowest BCUT2D eigenvalue weighted by Gasteiger charge is -2.29. The molecule has 3 atom stereocenters. The minimum absolute atomic E-state index is 0.0456. The Balaban J connectivity index is 2.10. The molecule has 0 radical (unpaired) electrons. The fourth-order valence-corrected chi connectivity index (χ4v) is 5.47. The molecule has 0 saturated heterocycles. The molecule has 2 aromatic rings. The van der Waals surface area contributed by atoms with Crippen molar-refractivity contribution in [2.45, 2.75) is 98.1 Å². The fourth-order valence-electron chi connectivity index (χ4n) is 5.47. The largest absolute Gasteiger partial charge is 0.460 e. The summed E-state index contributed by atoms with van der Waals surface area (Å²) in [4.78, 5) is 67.4. The number of anilines is 1. The highest BCUT2D eigenvalue weighted by Gasteiger charge is 2.32. The molecule has 0 spiro atoms. The van der Waals surface area contributed by atoms with Crippen LogP contribution in [0.4, 0.5) is 15.3 Å². The van der Waals surface area contributed by atoms with Crippen molar-refractivity contribution in [1.29, 1.82) is 0 Å². The molecule has 0 fully saturated rings. The van der Waals surface area contributed by atoms with Crippen molar-refractivity contribution in [2.75, 3.05) is 32.1 Å². The normalized spacial score (nSPS) is 13.3.